The van der Waals surface area contributed by atoms with E-state index in [9.17, 15) is 9.59 Å². The predicted molar refractivity (Wildman–Crippen MR) is 130 cm³/mol. The summed E-state index contributed by atoms with van der Waals surface area (Å²) in [6, 6.07) is 13.4. The second kappa shape index (κ2) is 10.7. The average Bonchev–Trinajstić information content (AvgIpc) is 3.10. The van der Waals surface area contributed by atoms with E-state index in [1.54, 1.807) is 0 Å². The van der Waals surface area contributed by atoms with Crippen LogP contribution in [-0.2, 0) is 9.53 Å². The van der Waals surface area contributed by atoms with Crippen LogP contribution in [0, 0.1) is 20.8 Å². The zero-order valence-corrected chi connectivity index (χ0v) is 20.2. The van der Waals surface area contributed by atoms with Gasteiger partial charge in [-0.15, -0.1) is 11.3 Å². The van der Waals surface area contributed by atoms with Crippen LogP contribution in [0.1, 0.15) is 39.2 Å². The fraction of sp³-hybridized carbons (Fsp3) is 0.280. The van der Waals surface area contributed by atoms with Crippen molar-refractivity contribution in [1.29, 1.82) is 0 Å². The Bertz CT molecular complexity index is 1100. The minimum atomic E-state index is -0.472. The first-order valence-electron chi connectivity index (χ1n) is 10.3. The number of carbonyl (C=O) groups excluding carboxylic acids is 2. The molecule has 1 amide bonds. The average molecular weight is 472 g/mol. The molecular formula is C25H26ClNO4S. The monoisotopic (exact) mass is 471 g/mol. The molecule has 3 aromatic rings. The molecule has 168 valence electrons. The number of halogens is 1. The topological polar surface area (TPSA) is 64.6 Å². The quantitative estimate of drug-likeness (QED) is 0.297. The minimum Gasteiger partial charge on any atom is -0.494 e. The Kier molecular flexibility index (Phi) is 7.94. The van der Waals surface area contributed by atoms with Crippen molar-refractivity contribution in [3.05, 3.63) is 69.1 Å². The molecule has 5 nitrogen and oxygen atoms in total. The SMILES string of the molecule is COC(=O)c1c(NC(=O)CCCOc2cc(C)c(Cl)c(C)c2)sc(C)c1-c1ccccc1. The maximum Gasteiger partial charge on any atom is 0.341 e. The van der Waals surface area contributed by atoms with Crippen molar-refractivity contribution in [2.75, 3.05) is 19.0 Å². The maximum absolute atomic E-state index is 12.6. The van der Waals surface area contributed by atoms with E-state index in [1.807, 2.05) is 63.2 Å². The molecule has 0 saturated carbocycles. The van der Waals surface area contributed by atoms with Crippen LogP contribution in [0.4, 0.5) is 5.00 Å². The Morgan fingerprint density at radius 3 is 2.34 bits per heavy atom. The molecular weight excluding hydrogens is 446 g/mol. The molecule has 7 heteroatoms. The van der Waals surface area contributed by atoms with Gasteiger partial charge in [-0.25, -0.2) is 4.79 Å². The van der Waals surface area contributed by atoms with Crippen LogP contribution < -0.4 is 10.1 Å². The van der Waals surface area contributed by atoms with Gasteiger partial charge in [0, 0.05) is 21.9 Å². The number of aryl methyl sites for hydroxylation is 3. The highest BCUT2D eigenvalue weighted by Crippen LogP contribution is 2.40. The molecule has 0 aliphatic rings. The van der Waals surface area contributed by atoms with Crippen molar-refractivity contribution in [3.8, 4) is 16.9 Å². The first-order valence-corrected chi connectivity index (χ1v) is 11.5. The number of rotatable bonds is 8. The summed E-state index contributed by atoms with van der Waals surface area (Å²) >= 11 is 7.56. The number of hydrogen-bond acceptors (Lipinski definition) is 5. The summed E-state index contributed by atoms with van der Waals surface area (Å²) in [5.41, 5.74) is 3.99. The molecule has 0 aliphatic carbocycles. The zero-order valence-electron chi connectivity index (χ0n) is 18.6. The Morgan fingerprint density at radius 1 is 1.06 bits per heavy atom. The lowest BCUT2D eigenvalue weighted by Gasteiger charge is -2.10. The van der Waals surface area contributed by atoms with Crippen LogP contribution >= 0.6 is 22.9 Å². The Morgan fingerprint density at radius 2 is 1.72 bits per heavy atom. The van der Waals surface area contributed by atoms with Gasteiger partial charge in [0.2, 0.25) is 5.91 Å². The van der Waals surface area contributed by atoms with Crippen molar-refractivity contribution in [2.24, 2.45) is 0 Å². The molecule has 0 aliphatic heterocycles. The van der Waals surface area contributed by atoms with Gasteiger partial charge >= 0.3 is 5.97 Å². The number of anilines is 1. The molecule has 0 fully saturated rings. The molecule has 1 heterocycles. The summed E-state index contributed by atoms with van der Waals surface area (Å²) in [5.74, 6) is 0.0857. The largest absolute Gasteiger partial charge is 0.494 e. The number of hydrogen-bond donors (Lipinski definition) is 1. The van der Waals surface area contributed by atoms with Gasteiger partial charge in [-0.05, 0) is 56.0 Å². The van der Waals surface area contributed by atoms with E-state index in [4.69, 9.17) is 21.1 Å². The number of carbonyl (C=O) groups is 2. The van der Waals surface area contributed by atoms with Crippen molar-refractivity contribution in [3.63, 3.8) is 0 Å². The summed E-state index contributed by atoms with van der Waals surface area (Å²) in [7, 11) is 1.34. The van der Waals surface area contributed by atoms with Crippen molar-refractivity contribution < 1.29 is 19.1 Å². The molecule has 0 atom stereocenters. The highest BCUT2D eigenvalue weighted by atomic mass is 35.5. The Hall–Kier alpha value is -2.83. The molecule has 0 bridgehead atoms. The molecule has 3 rings (SSSR count). The third-order valence-corrected chi connectivity index (χ3v) is 6.63. The van der Waals surface area contributed by atoms with Gasteiger partial charge in [0.25, 0.3) is 0 Å². The van der Waals surface area contributed by atoms with Gasteiger partial charge in [0.05, 0.1) is 13.7 Å². The van der Waals surface area contributed by atoms with Crippen molar-refractivity contribution >= 4 is 39.8 Å². The standard InChI is InChI=1S/C25H26ClNO4S/c1-15-13-19(14-16(2)23(15)26)31-12-8-11-20(28)27-24-22(25(29)30-4)21(17(3)32-24)18-9-6-5-7-10-18/h5-7,9-10,13-14H,8,11-12H2,1-4H3,(H,27,28). The lowest BCUT2D eigenvalue weighted by atomic mass is 10.0. The van der Waals surface area contributed by atoms with Crippen LogP contribution in [0.25, 0.3) is 11.1 Å². The number of benzene rings is 2. The van der Waals surface area contributed by atoms with Gasteiger partial charge in [-0.3, -0.25) is 4.79 Å². The third kappa shape index (κ3) is 5.50. The normalized spacial score (nSPS) is 10.7. The van der Waals surface area contributed by atoms with Crippen LogP contribution in [0.2, 0.25) is 5.02 Å². The van der Waals surface area contributed by atoms with Crippen LogP contribution in [0.15, 0.2) is 42.5 Å². The van der Waals surface area contributed by atoms with Gasteiger partial charge in [-0.1, -0.05) is 41.9 Å². The summed E-state index contributed by atoms with van der Waals surface area (Å²) in [6.07, 6.45) is 0.805. The summed E-state index contributed by atoms with van der Waals surface area (Å²) < 4.78 is 10.8. The van der Waals surface area contributed by atoms with Crippen molar-refractivity contribution in [2.45, 2.75) is 33.6 Å². The van der Waals surface area contributed by atoms with E-state index >= 15 is 0 Å². The van der Waals surface area contributed by atoms with Gasteiger partial charge in [-0.2, -0.15) is 0 Å². The second-order valence-corrected chi connectivity index (χ2v) is 9.07. The number of amides is 1. The number of methoxy groups -OCH3 is 1. The highest BCUT2D eigenvalue weighted by molar-refractivity contribution is 7.17. The zero-order chi connectivity index (χ0) is 23.3. The third-order valence-electron chi connectivity index (χ3n) is 5.02. The Balaban J connectivity index is 1.65. The van der Waals surface area contributed by atoms with E-state index in [1.165, 1.54) is 18.4 Å². The van der Waals surface area contributed by atoms with Gasteiger partial charge in [0.15, 0.2) is 0 Å². The Labute approximate surface area is 197 Å². The molecule has 0 spiro atoms. The molecule has 1 N–H and O–H groups in total. The minimum absolute atomic E-state index is 0.178. The molecule has 1 aromatic heterocycles. The maximum atomic E-state index is 12.6. The summed E-state index contributed by atoms with van der Waals surface area (Å²) in [5, 5.41) is 4.13. The van der Waals surface area contributed by atoms with Gasteiger partial charge in [0.1, 0.15) is 16.3 Å². The first kappa shape index (κ1) is 23.8. The molecule has 0 radical (unpaired) electrons. The predicted octanol–water partition coefficient (Wildman–Crippen LogP) is 6.58. The molecule has 0 saturated heterocycles. The molecule has 32 heavy (non-hydrogen) atoms. The fourth-order valence-corrected chi connectivity index (χ4v) is 4.67. The van der Waals surface area contributed by atoms with Crippen LogP contribution in [0.3, 0.4) is 0 Å². The van der Waals surface area contributed by atoms with Crippen LogP contribution in [0.5, 0.6) is 5.75 Å². The van der Waals surface area contributed by atoms with E-state index in [2.05, 4.69) is 5.32 Å². The number of ether oxygens (including phenoxy) is 2. The number of esters is 1. The lowest BCUT2D eigenvalue weighted by Crippen LogP contribution is -2.15. The van der Waals surface area contributed by atoms with Crippen molar-refractivity contribution in [1.82, 2.24) is 0 Å². The van der Waals surface area contributed by atoms with Crippen LogP contribution in [-0.4, -0.2) is 25.6 Å². The fourth-order valence-electron chi connectivity index (χ4n) is 3.48. The van der Waals surface area contributed by atoms with E-state index in [0.717, 1.165) is 37.9 Å². The first-order chi connectivity index (χ1) is 15.3. The molecule has 2 aromatic carbocycles. The number of nitrogens with one attached hydrogen (secondary N) is 1. The van der Waals surface area contributed by atoms with E-state index < -0.39 is 5.97 Å². The van der Waals surface area contributed by atoms with Gasteiger partial charge < -0.3 is 14.8 Å². The summed E-state index contributed by atoms with van der Waals surface area (Å²) in [6.45, 7) is 6.19. The van der Waals surface area contributed by atoms with E-state index in [0.29, 0.717) is 23.6 Å². The van der Waals surface area contributed by atoms with E-state index in [-0.39, 0.29) is 12.3 Å². The summed E-state index contributed by atoms with van der Waals surface area (Å²) in [4.78, 5) is 26.0. The lowest BCUT2D eigenvalue weighted by molar-refractivity contribution is -0.116. The molecule has 0 unspecified atom stereocenters. The second-order valence-electron chi connectivity index (χ2n) is 7.47. The highest BCUT2D eigenvalue weighted by Gasteiger charge is 2.24. The number of thiophene rings is 1. The smallest absolute Gasteiger partial charge is 0.341 e.